The third kappa shape index (κ3) is 3.22. The largest absolute Gasteiger partial charge is 0.394 e. The molecule has 1 aliphatic heterocycles. The summed E-state index contributed by atoms with van der Waals surface area (Å²) in [6.07, 6.45) is 6.30. The number of aliphatic hydroxyl groups is 1. The number of likely N-dealkylation sites (tertiary alicyclic amines) is 1. The van der Waals surface area contributed by atoms with E-state index < -0.39 is 0 Å². The molecular formula is C17H26N2O. The third-order valence-electron chi connectivity index (χ3n) is 4.85. The zero-order chi connectivity index (χ0) is 13.8. The van der Waals surface area contributed by atoms with E-state index in [2.05, 4.69) is 40.5 Å². The molecule has 0 aromatic heterocycles. The fourth-order valence-electron chi connectivity index (χ4n) is 3.73. The van der Waals surface area contributed by atoms with Crippen molar-refractivity contribution >= 4 is 0 Å². The molecule has 2 aliphatic rings. The van der Waals surface area contributed by atoms with E-state index in [1.54, 1.807) is 0 Å². The maximum absolute atomic E-state index is 9.87. The summed E-state index contributed by atoms with van der Waals surface area (Å²) in [5, 5.41) is 13.6. The van der Waals surface area contributed by atoms with E-state index in [1.165, 1.54) is 31.2 Å². The van der Waals surface area contributed by atoms with Gasteiger partial charge in [0, 0.05) is 25.7 Å². The average Bonchev–Trinajstić information content (AvgIpc) is 3.11. The first-order valence-corrected chi connectivity index (χ1v) is 7.94. The minimum Gasteiger partial charge on any atom is -0.394 e. The smallest absolute Gasteiger partial charge is 0.0626 e. The van der Waals surface area contributed by atoms with E-state index in [9.17, 15) is 5.11 Å². The van der Waals surface area contributed by atoms with E-state index in [-0.39, 0.29) is 12.1 Å². The minimum atomic E-state index is -0.0657. The molecule has 0 radical (unpaired) electrons. The Bertz CT molecular complexity index is 416. The Balaban J connectivity index is 1.58. The lowest BCUT2D eigenvalue weighted by Crippen LogP contribution is -2.54. The maximum Gasteiger partial charge on any atom is 0.0626 e. The minimum absolute atomic E-state index is 0.0657. The van der Waals surface area contributed by atoms with E-state index in [0.717, 1.165) is 26.1 Å². The Kier molecular flexibility index (Phi) is 4.39. The molecule has 1 aromatic carbocycles. The number of rotatable bonds is 5. The van der Waals surface area contributed by atoms with Crippen molar-refractivity contribution in [3.05, 3.63) is 35.9 Å². The van der Waals surface area contributed by atoms with Crippen molar-refractivity contribution in [1.82, 2.24) is 10.2 Å². The fraction of sp³-hybridized carbons (Fsp3) is 0.647. The summed E-state index contributed by atoms with van der Waals surface area (Å²) in [6, 6.07) is 11.3. The number of nitrogens with one attached hydrogen (secondary N) is 1. The van der Waals surface area contributed by atoms with Gasteiger partial charge < -0.3 is 10.4 Å². The lowest BCUT2D eigenvalue weighted by Gasteiger charge is -2.32. The van der Waals surface area contributed by atoms with Crippen LogP contribution in [0.1, 0.15) is 37.7 Å². The van der Waals surface area contributed by atoms with Crippen LogP contribution in [0.4, 0.5) is 0 Å². The van der Waals surface area contributed by atoms with Gasteiger partial charge in [-0.05, 0) is 24.8 Å². The molecule has 1 unspecified atom stereocenters. The van der Waals surface area contributed by atoms with E-state index in [1.807, 2.05) is 0 Å². The van der Waals surface area contributed by atoms with E-state index in [0.29, 0.717) is 6.04 Å². The zero-order valence-electron chi connectivity index (χ0n) is 12.2. The number of hydrogen-bond donors (Lipinski definition) is 2. The summed E-state index contributed by atoms with van der Waals surface area (Å²) in [6.45, 7) is 3.30. The van der Waals surface area contributed by atoms with Gasteiger partial charge in [-0.3, -0.25) is 4.90 Å². The maximum atomic E-state index is 9.87. The highest BCUT2D eigenvalue weighted by Crippen LogP contribution is 2.27. The van der Waals surface area contributed by atoms with E-state index in [4.69, 9.17) is 0 Å². The summed E-state index contributed by atoms with van der Waals surface area (Å²) in [7, 11) is 0. The second-order valence-corrected chi connectivity index (χ2v) is 6.51. The molecule has 2 N–H and O–H groups in total. The lowest BCUT2D eigenvalue weighted by atomic mass is 9.98. The standard InChI is InChI=1S/C17H26N2O/c20-14-17(18-16-8-4-5-9-16)10-11-19(13-17)12-15-6-2-1-3-7-15/h1-3,6-7,16,18,20H,4-5,8-14H2. The van der Waals surface area contributed by atoms with Gasteiger partial charge in [0.1, 0.15) is 0 Å². The zero-order valence-corrected chi connectivity index (χ0v) is 12.2. The van der Waals surface area contributed by atoms with Gasteiger partial charge in [0.15, 0.2) is 0 Å². The van der Waals surface area contributed by atoms with Gasteiger partial charge in [0.05, 0.1) is 12.1 Å². The van der Waals surface area contributed by atoms with Crippen LogP contribution in [0.5, 0.6) is 0 Å². The van der Waals surface area contributed by atoms with Crippen molar-refractivity contribution < 1.29 is 5.11 Å². The Morgan fingerprint density at radius 3 is 2.65 bits per heavy atom. The summed E-state index contributed by atoms with van der Waals surface area (Å²) in [4.78, 5) is 2.47. The molecule has 0 spiro atoms. The summed E-state index contributed by atoms with van der Waals surface area (Å²) < 4.78 is 0. The van der Waals surface area contributed by atoms with Crippen molar-refractivity contribution in [2.45, 2.75) is 50.2 Å². The number of nitrogens with zero attached hydrogens (tertiary/aromatic N) is 1. The molecule has 1 aliphatic carbocycles. The lowest BCUT2D eigenvalue weighted by molar-refractivity contribution is 0.147. The molecule has 0 amide bonds. The molecule has 110 valence electrons. The monoisotopic (exact) mass is 274 g/mol. The quantitative estimate of drug-likeness (QED) is 0.863. The summed E-state index contributed by atoms with van der Waals surface area (Å²) in [5.41, 5.74) is 1.30. The van der Waals surface area contributed by atoms with E-state index >= 15 is 0 Å². The number of hydrogen-bond acceptors (Lipinski definition) is 3. The molecule has 3 heteroatoms. The van der Waals surface area contributed by atoms with Crippen LogP contribution in [0, 0.1) is 0 Å². The van der Waals surface area contributed by atoms with Crippen LogP contribution < -0.4 is 5.32 Å². The van der Waals surface area contributed by atoms with Crippen molar-refractivity contribution in [1.29, 1.82) is 0 Å². The molecule has 0 bridgehead atoms. The molecule has 1 atom stereocenters. The van der Waals surface area contributed by atoms with Crippen molar-refractivity contribution in [2.24, 2.45) is 0 Å². The Hall–Kier alpha value is -0.900. The summed E-state index contributed by atoms with van der Waals surface area (Å²) in [5.74, 6) is 0. The first kappa shape index (κ1) is 14.1. The van der Waals surface area contributed by atoms with Crippen molar-refractivity contribution in [3.8, 4) is 0 Å². The highest BCUT2D eigenvalue weighted by atomic mass is 16.3. The van der Waals surface area contributed by atoms with Crippen LogP contribution in [-0.2, 0) is 6.54 Å². The highest BCUT2D eigenvalue weighted by Gasteiger charge is 2.39. The molecule has 3 rings (SSSR count). The SMILES string of the molecule is OCC1(NC2CCCC2)CCN(Cc2ccccc2)C1. The molecule has 3 nitrogen and oxygen atoms in total. The molecule has 2 fully saturated rings. The Labute approximate surface area is 122 Å². The second kappa shape index (κ2) is 6.25. The predicted octanol–water partition coefficient (Wildman–Crippen LogP) is 2.16. The van der Waals surface area contributed by atoms with Gasteiger partial charge in [-0.25, -0.2) is 0 Å². The number of benzene rings is 1. The fourth-order valence-corrected chi connectivity index (χ4v) is 3.73. The van der Waals surface area contributed by atoms with Crippen molar-refractivity contribution in [3.63, 3.8) is 0 Å². The summed E-state index contributed by atoms with van der Waals surface area (Å²) >= 11 is 0. The van der Waals surface area contributed by atoms with Crippen LogP contribution in [0.3, 0.4) is 0 Å². The highest BCUT2D eigenvalue weighted by molar-refractivity contribution is 5.15. The Morgan fingerprint density at radius 2 is 1.95 bits per heavy atom. The molecular weight excluding hydrogens is 248 g/mol. The Morgan fingerprint density at radius 1 is 1.20 bits per heavy atom. The molecule has 1 saturated carbocycles. The van der Waals surface area contributed by atoms with Gasteiger partial charge in [-0.2, -0.15) is 0 Å². The topological polar surface area (TPSA) is 35.5 Å². The van der Waals surface area contributed by atoms with Gasteiger partial charge in [-0.1, -0.05) is 43.2 Å². The van der Waals surface area contributed by atoms with Crippen molar-refractivity contribution in [2.75, 3.05) is 19.7 Å². The van der Waals surface area contributed by atoms with Gasteiger partial charge in [-0.15, -0.1) is 0 Å². The average molecular weight is 274 g/mol. The van der Waals surface area contributed by atoms with Crippen LogP contribution in [0.15, 0.2) is 30.3 Å². The van der Waals surface area contributed by atoms with Crippen LogP contribution in [0.2, 0.25) is 0 Å². The second-order valence-electron chi connectivity index (χ2n) is 6.51. The first-order chi connectivity index (χ1) is 9.80. The van der Waals surface area contributed by atoms with Crippen LogP contribution in [0.25, 0.3) is 0 Å². The predicted molar refractivity (Wildman–Crippen MR) is 81.5 cm³/mol. The molecule has 1 aromatic rings. The van der Waals surface area contributed by atoms with Gasteiger partial charge in [0.2, 0.25) is 0 Å². The molecule has 1 saturated heterocycles. The normalized spacial score (nSPS) is 28.2. The number of aliphatic hydroxyl groups excluding tert-OH is 1. The molecule has 1 heterocycles. The molecule has 20 heavy (non-hydrogen) atoms. The first-order valence-electron chi connectivity index (χ1n) is 7.94. The third-order valence-corrected chi connectivity index (χ3v) is 4.85. The van der Waals surface area contributed by atoms with Gasteiger partial charge >= 0.3 is 0 Å². The van der Waals surface area contributed by atoms with Gasteiger partial charge in [0.25, 0.3) is 0 Å². The van der Waals surface area contributed by atoms with Crippen LogP contribution in [-0.4, -0.2) is 41.3 Å². The van der Waals surface area contributed by atoms with Crippen LogP contribution >= 0.6 is 0 Å².